The molecular formula is C10H11N8Os-3. The Bertz CT molecular complexity index is 463. The molecule has 0 spiro atoms. The van der Waals surface area contributed by atoms with Crippen molar-refractivity contribution in [3.63, 3.8) is 0 Å². The summed E-state index contributed by atoms with van der Waals surface area (Å²) < 4.78 is 0. The SMILES string of the molecule is CN1[CH-]N(c2[c-]c(N3[CH-]N(C)N=N3)ccc2)N=N1.[Os]. The zero-order valence-electron chi connectivity index (χ0n) is 10.3. The second-order valence-corrected chi connectivity index (χ2v) is 3.85. The Hall–Kier alpha value is -1.74. The molecular weight excluding hydrogens is 422 g/mol. The number of hydrogen-bond acceptors (Lipinski definition) is 8. The Labute approximate surface area is 124 Å². The van der Waals surface area contributed by atoms with Crippen LogP contribution in [0.3, 0.4) is 0 Å². The molecule has 0 saturated heterocycles. The second-order valence-electron chi connectivity index (χ2n) is 3.85. The minimum atomic E-state index is 0. The van der Waals surface area contributed by atoms with Crippen LogP contribution in [0.2, 0.25) is 0 Å². The van der Waals surface area contributed by atoms with Crippen molar-refractivity contribution in [1.29, 1.82) is 0 Å². The van der Waals surface area contributed by atoms with E-state index < -0.39 is 0 Å². The molecule has 102 valence electrons. The van der Waals surface area contributed by atoms with Crippen LogP contribution < -0.4 is 10.0 Å². The summed E-state index contributed by atoms with van der Waals surface area (Å²) in [5.41, 5.74) is 1.58. The van der Waals surface area contributed by atoms with Gasteiger partial charge in [0, 0.05) is 19.8 Å². The third-order valence-corrected chi connectivity index (χ3v) is 2.37. The van der Waals surface area contributed by atoms with Crippen LogP contribution in [-0.2, 0) is 19.8 Å². The van der Waals surface area contributed by atoms with Crippen LogP contribution in [0.15, 0.2) is 39.1 Å². The van der Waals surface area contributed by atoms with E-state index in [0.717, 1.165) is 11.4 Å². The average Bonchev–Trinajstić information content (AvgIpc) is 2.98. The molecule has 2 aliphatic heterocycles. The standard InChI is InChI=1S/C10H11N8.Os/c1-15-7-17(13-11-15)9-4-3-5-10(6-9)18-8-16(2)12-14-18;/h3-5,7-8H,1-2H3;/q-3;. The predicted octanol–water partition coefficient (Wildman–Crippen LogP) is 1.79. The van der Waals surface area contributed by atoms with E-state index in [2.05, 4.69) is 27.0 Å². The van der Waals surface area contributed by atoms with Gasteiger partial charge in [-0.3, -0.25) is 0 Å². The zero-order valence-corrected chi connectivity index (χ0v) is 12.9. The molecule has 0 N–H and O–H groups in total. The Morgan fingerprint density at radius 1 is 0.895 bits per heavy atom. The van der Waals surface area contributed by atoms with Gasteiger partial charge in [0.1, 0.15) is 0 Å². The number of hydrogen-bond donors (Lipinski definition) is 0. The zero-order chi connectivity index (χ0) is 12.5. The largest absolute Gasteiger partial charge is 0.405 e. The van der Waals surface area contributed by atoms with Gasteiger partial charge >= 0.3 is 0 Å². The van der Waals surface area contributed by atoms with Gasteiger partial charge in [-0.1, -0.05) is 32.3 Å². The number of benzene rings is 1. The van der Waals surface area contributed by atoms with Gasteiger partial charge in [-0.2, -0.15) is 6.07 Å². The summed E-state index contributed by atoms with van der Waals surface area (Å²) in [5, 5.41) is 22.2. The molecule has 0 aliphatic carbocycles. The molecule has 0 amide bonds. The van der Waals surface area contributed by atoms with Crippen LogP contribution in [0.25, 0.3) is 0 Å². The van der Waals surface area contributed by atoms with Crippen LogP contribution in [0.4, 0.5) is 11.4 Å². The average molecular weight is 433 g/mol. The van der Waals surface area contributed by atoms with Crippen molar-refractivity contribution in [2.45, 2.75) is 0 Å². The van der Waals surface area contributed by atoms with Crippen LogP contribution in [0, 0.1) is 19.4 Å². The summed E-state index contributed by atoms with van der Waals surface area (Å²) in [6.45, 7) is 3.52. The van der Waals surface area contributed by atoms with Gasteiger partial charge in [0.05, 0.1) is 0 Å². The maximum atomic E-state index is 3.97. The molecule has 0 aromatic heterocycles. The van der Waals surface area contributed by atoms with Crippen LogP contribution in [0.1, 0.15) is 0 Å². The third-order valence-electron chi connectivity index (χ3n) is 2.37. The molecule has 0 saturated carbocycles. The molecule has 2 aliphatic rings. The third kappa shape index (κ3) is 2.82. The molecule has 8 nitrogen and oxygen atoms in total. The summed E-state index contributed by atoms with van der Waals surface area (Å²) in [7, 11) is 3.62. The quantitative estimate of drug-likeness (QED) is 0.668. The van der Waals surface area contributed by atoms with Crippen molar-refractivity contribution < 1.29 is 19.8 Å². The summed E-state index contributed by atoms with van der Waals surface area (Å²) in [6, 6.07) is 8.90. The molecule has 2 heterocycles. The minimum absolute atomic E-state index is 0. The fourth-order valence-corrected chi connectivity index (χ4v) is 1.55. The summed E-state index contributed by atoms with van der Waals surface area (Å²) in [4.78, 5) is 0. The summed E-state index contributed by atoms with van der Waals surface area (Å²) in [6.07, 6.45) is 0. The number of anilines is 2. The molecule has 0 bridgehead atoms. The Morgan fingerprint density at radius 2 is 1.37 bits per heavy atom. The van der Waals surface area contributed by atoms with E-state index in [1.807, 2.05) is 32.3 Å². The maximum absolute atomic E-state index is 3.97. The normalized spacial score (nSPS) is 17.4. The van der Waals surface area contributed by atoms with Crippen molar-refractivity contribution >= 4 is 11.4 Å². The van der Waals surface area contributed by atoms with Gasteiger partial charge in [-0.25, -0.2) is 0 Å². The fourth-order valence-electron chi connectivity index (χ4n) is 1.55. The van der Waals surface area contributed by atoms with Gasteiger partial charge < -0.3 is 20.0 Å². The first-order valence-electron chi connectivity index (χ1n) is 5.32. The molecule has 1 aromatic carbocycles. The summed E-state index contributed by atoms with van der Waals surface area (Å²) >= 11 is 0. The van der Waals surface area contributed by atoms with Crippen molar-refractivity contribution in [1.82, 2.24) is 10.0 Å². The molecule has 19 heavy (non-hydrogen) atoms. The van der Waals surface area contributed by atoms with Crippen molar-refractivity contribution in [3.8, 4) is 0 Å². The van der Waals surface area contributed by atoms with Gasteiger partial charge in [0.25, 0.3) is 0 Å². The van der Waals surface area contributed by atoms with Gasteiger partial charge in [0.15, 0.2) is 0 Å². The topological polar surface area (TPSA) is 62.4 Å². The first-order valence-corrected chi connectivity index (χ1v) is 5.32. The van der Waals surface area contributed by atoms with Crippen molar-refractivity contribution in [3.05, 3.63) is 37.6 Å². The number of nitrogens with zero attached hydrogens (tertiary/aromatic N) is 8. The number of rotatable bonds is 2. The summed E-state index contributed by atoms with van der Waals surface area (Å²) in [5.74, 6) is 0. The van der Waals surface area contributed by atoms with Gasteiger partial charge in [-0.05, 0) is 14.1 Å². The predicted molar refractivity (Wildman–Crippen MR) is 64.1 cm³/mol. The first-order chi connectivity index (χ1) is 8.72. The molecule has 0 fully saturated rings. The van der Waals surface area contributed by atoms with E-state index in [1.165, 1.54) is 0 Å². The van der Waals surface area contributed by atoms with E-state index in [1.54, 1.807) is 33.4 Å². The van der Waals surface area contributed by atoms with E-state index in [0.29, 0.717) is 0 Å². The van der Waals surface area contributed by atoms with Crippen LogP contribution in [-0.4, -0.2) is 24.1 Å². The Morgan fingerprint density at radius 3 is 1.74 bits per heavy atom. The molecule has 3 rings (SSSR count). The minimum Gasteiger partial charge on any atom is -0.405 e. The Kier molecular flexibility index (Phi) is 3.95. The molecule has 1 aromatic rings. The Balaban J connectivity index is 0.00000133. The molecule has 9 heteroatoms. The van der Waals surface area contributed by atoms with E-state index in [4.69, 9.17) is 0 Å². The van der Waals surface area contributed by atoms with Crippen molar-refractivity contribution in [2.24, 2.45) is 20.9 Å². The monoisotopic (exact) mass is 435 g/mol. The van der Waals surface area contributed by atoms with E-state index >= 15 is 0 Å². The maximum Gasteiger partial charge on any atom is 0 e. The van der Waals surface area contributed by atoms with Crippen LogP contribution in [0.5, 0.6) is 0 Å². The fraction of sp³-hybridized carbons (Fsp3) is 0.200. The smallest absolute Gasteiger partial charge is 0 e. The van der Waals surface area contributed by atoms with E-state index in [9.17, 15) is 0 Å². The molecule has 0 atom stereocenters. The molecule has 0 radical (unpaired) electrons. The second kappa shape index (κ2) is 5.49. The molecule has 0 unspecified atom stereocenters. The first kappa shape index (κ1) is 13.7. The van der Waals surface area contributed by atoms with Gasteiger partial charge in [0.2, 0.25) is 0 Å². The van der Waals surface area contributed by atoms with Crippen molar-refractivity contribution in [2.75, 3.05) is 24.1 Å². The van der Waals surface area contributed by atoms with Gasteiger partial charge in [-0.15, -0.1) is 31.5 Å². The van der Waals surface area contributed by atoms with E-state index in [-0.39, 0.29) is 19.8 Å². The van der Waals surface area contributed by atoms with Crippen LogP contribution >= 0.6 is 0 Å².